The summed E-state index contributed by atoms with van der Waals surface area (Å²) in [5, 5.41) is 0. The summed E-state index contributed by atoms with van der Waals surface area (Å²) in [4.78, 5) is 18.5. The molecule has 0 unspecified atom stereocenters. The lowest BCUT2D eigenvalue weighted by molar-refractivity contribution is 0.0600. The van der Waals surface area contributed by atoms with Crippen LogP contribution in [-0.2, 0) is 11.2 Å². The molecular formula is C22H20N2O3. The van der Waals surface area contributed by atoms with E-state index in [0.717, 1.165) is 34.9 Å². The first-order chi connectivity index (χ1) is 13.2. The summed E-state index contributed by atoms with van der Waals surface area (Å²) < 4.78 is 10.6. The summed E-state index contributed by atoms with van der Waals surface area (Å²) in [5.41, 5.74) is 3.71. The SMILES string of the molecule is COC(=O)c1cccc(Cc2cnc3c(c2)OCCN3c2ccccc2)c1. The lowest BCUT2D eigenvalue weighted by Crippen LogP contribution is -2.29. The monoisotopic (exact) mass is 360 g/mol. The number of aromatic nitrogens is 1. The van der Waals surface area contributed by atoms with Crippen molar-refractivity contribution in [2.75, 3.05) is 25.2 Å². The maximum absolute atomic E-state index is 11.7. The number of hydrogen-bond donors (Lipinski definition) is 0. The largest absolute Gasteiger partial charge is 0.488 e. The molecule has 1 aliphatic heterocycles. The first-order valence-corrected chi connectivity index (χ1v) is 8.86. The molecule has 0 amide bonds. The molecule has 5 nitrogen and oxygen atoms in total. The van der Waals surface area contributed by atoms with Crippen molar-refractivity contribution in [3.63, 3.8) is 0 Å². The lowest BCUT2D eigenvalue weighted by Gasteiger charge is -2.30. The zero-order chi connectivity index (χ0) is 18.6. The van der Waals surface area contributed by atoms with Gasteiger partial charge < -0.3 is 14.4 Å². The normalized spacial score (nSPS) is 12.9. The average Bonchev–Trinajstić information content (AvgIpc) is 2.73. The molecule has 0 saturated carbocycles. The highest BCUT2D eigenvalue weighted by Gasteiger charge is 2.21. The summed E-state index contributed by atoms with van der Waals surface area (Å²) in [6, 6.07) is 19.7. The van der Waals surface area contributed by atoms with Crippen LogP contribution in [0.5, 0.6) is 5.75 Å². The van der Waals surface area contributed by atoms with Gasteiger partial charge in [-0.2, -0.15) is 0 Å². The Morgan fingerprint density at radius 1 is 1.11 bits per heavy atom. The number of fused-ring (bicyclic) bond motifs is 1. The second-order valence-corrected chi connectivity index (χ2v) is 6.37. The second kappa shape index (κ2) is 7.50. The third kappa shape index (κ3) is 3.62. The molecule has 4 rings (SSSR count). The molecule has 0 bridgehead atoms. The standard InChI is InChI=1S/C22H20N2O3/c1-26-22(25)18-7-5-6-16(13-18)12-17-14-20-21(23-15-17)24(10-11-27-20)19-8-3-2-4-9-19/h2-9,13-15H,10-12H2,1H3. The summed E-state index contributed by atoms with van der Waals surface area (Å²) in [6.07, 6.45) is 2.54. The third-order valence-corrected chi connectivity index (χ3v) is 4.54. The van der Waals surface area contributed by atoms with Crippen LogP contribution in [0, 0.1) is 0 Å². The van der Waals surface area contributed by atoms with Crippen molar-refractivity contribution >= 4 is 17.5 Å². The molecule has 2 aromatic carbocycles. The van der Waals surface area contributed by atoms with Crippen LogP contribution >= 0.6 is 0 Å². The van der Waals surface area contributed by atoms with E-state index < -0.39 is 0 Å². The fraction of sp³-hybridized carbons (Fsp3) is 0.182. The van der Waals surface area contributed by atoms with E-state index in [1.54, 1.807) is 6.07 Å². The van der Waals surface area contributed by atoms with Crippen molar-refractivity contribution in [3.05, 3.63) is 83.6 Å². The number of benzene rings is 2. The minimum Gasteiger partial charge on any atom is -0.488 e. The Bertz CT molecular complexity index is 957. The van der Waals surface area contributed by atoms with Crippen molar-refractivity contribution in [1.82, 2.24) is 4.98 Å². The Morgan fingerprint density at radius 3 is 2.78 bits per heavy atom. The fourth-order valence-corrected chi connectivity index (χ4v) is 3.26. The van der Waals surface area contributed by atoms with Crippen molar-refractivity contribution < 1.29 is 14.3 Å². The van der Waals surface area contributed by atoms with Gasteiger partial charge in [0.15, 0.2) is 11.6 Å². The number of ether oxygens (including phenoxy) is 2. The zero-order valence-electron chi connectivity index (χ0n) is 15.1. The molecule has 0 N–H and O–H groups in total. The van der Waals surface area contributed by atoms with Gasteiger partial charge in [-0.25, -0.2) is 9.78 Å². The van der Waals surface area contributed by atoms with Crippen LogP contribution in [0.25, 0.3) is 0 Å². The Balaban J connectivity index is 1.59. The molecule has 0 radical (unpaired) electrons. The molecule has 0 spiro atoms. The van der Waals surface area contributed by atoms with Gasteiger partial charge >= 0.3 is 5.97 Å². The van der Waals surface area contributed by atoms with Gasteiger partial charge in [0.05, 0.1) is 19.2 Å². The van der Waals surface area contributed by atoms with E-state index in [-0.39, 0.29) is 5.97 Å². The maximum Gasteiger partial charge on any atom is 0.337 e. The Kier molecular flexibility index (Phi) is 4.75. The number of carbonyl (C=O) groups is 1. The number of pyridine rings is 1. The molecule has 27 heavy (non-hydrogen) atoms. The van der Waals surface area contributed by atoms with Crippen LogP contribution in [0.15, 0.2) is 66.9 Å². The first kappa shape index (κ1) is 17.1. The quantitative estimate of drug-likeness (QED) is 0.659. The maximum atomic E-state index is 11.7. The topological polar surface area (TPSA) is 51.7 Å². The molecular weight excluding hydrogens is 340 g/mol. The van der Waals surface area contributed by atoms with E-state index in [1.165, 1.54) is 7.11 Å². The number of esters is 1. The molecule has 5 heteroatoms. The van der Waals surface area contributed by atoms with E-state index in [0.29, 0.717) is 18.6 Å². The number of anilines is 2. The molecule has 0 fully saturated rings. The number of nitrogens with zero attached hydrogens (tertiary/aromatic N) is 2. The van der Waals surface area contributed by atoms with E-state index in [2.05, 4.69) is 22.0 Å². The molecule has 2 heterocycles. The van der Waals surface area contributed by atoms with Crippen molar-refractivity contribution in [2.45, 2.75) is 6.42 Å². The number of rotatable bonds is 4. The van der Waals surface area contributed by atoms with Gasteiger partial charge in [-0.15, -0.1) is 0 Å². The Labute approximate surface area is 158 Å². The Hall–Kier alpha value is -3.34. The Morgan fingerprint density at radius 2 is 1.96 bits per heavy atom. The predicted molar refractivity (Wildman–Crippen MR) is 104 cm³/mol. The van der Waals surface area contributed by atoms with Gasteiger partial charge in [-0.3, -0.25) is 0 Å². The number of hydrogen-bond acceptors (Lipinski definition) is 5. The highest BCUT2D eigenvalue weighted by atomic mass is 16.5. The van der Waals surface area contributed by atoms with Gasteiger partial charge in [-0.1, -0.05) is 30.3 Å². The molecule has 3 aromatic rings. The molecule has 1 aliphatic rings. The van der Waals surface area contributed by atoms with Crippen LogP contribution in [0.3, 0.4) is 0 Å². The summed E-state index contributed by atoms with van der Waals surface area (Å²) in [6.45, 7) is 1.38. The second-order valence-electron chi connectivity index (χ2n) is 6.37. The highest BCUT2D eigenvalue weighted by Crippen LogP contribution is 2.35. The van der Waals surface area contributed by atoms with Crippen molar-refractivity contribution in [2.24, 2.45) is 0 Å². The summed E-state index contributed by atoms with van der Waals surface area (Å²) in [5.74, 6) is 1.29. The van der Waals surface area contributed by atoms with E-state index >= 15 is 0 Å². The lowest BCUT2D eigenvalue weighted by atomic mass is 10.0. The van der Waals surface area contributed by atoms with Crippen LogP contribution in [0.1, 0.15) is 21.5 Å². The number of methoxy groups -OCH3 is 1. The minimum atomic E-state index is -0.331. The first-order valence-electron chi connectivity index (χ1n) is 8.86. The smallest absolute Gasteiger partial charge is 0.337 e. The number of para-hydroxylation sites is 1. The highest BCUT2D eigenvalue weighted by molar-refractivity contribution is 5.89. The van der Waals surface area contributed by atoms with Crippen LogP contribution in [0.4, 0.5) is 11.5 Å². The fourth-order valence-electron chi connectivity index (χ4n) is 3.26. The van der Waals surface area contributed by atoms with Crippen molar-refractivity contribution in [1.29, 1.82) is 0 Å². The van der Waals surface area contributed by atoms with E-state index in [9.17, 15) is 4.79 Å². The van der Waals surface area contributed by atoms with Gasteiger partial charge in [0, 0.05) is 11.9 Å². The summed E-state index contributed by atoms with van der Waals surface area (Å²) in [7, 11) is 1.39. The predicted octanol–water partition coefficient (Wildman–Crippen LogP) is 3.99. The van der Waals surface area contributed by atoms with Gasteiger partial charge in [0.2, 0.25) is 0 Å². The molecule has 0 atom stereocenters. The van der Waals surface area contributed by atoms with E-state index in [4.69, 9.17) is 9.47 Å². The van der Waals surface area contributed by atoms with Gasteiger partial charge in [0.25, 0.3) is 0 Å². The third-order valence-electron chi connectivity index (χ3n) is 4.54. The van der Waals surface area contributed by atoms with E-state index in [1.807, 2.05) is 48.7 Å². The number of carbonyl (C=O) groups excluding carboxylic acids is 1. The average molecular weight is 360 g/mol. The van der Waals surface area contributed by atoms with Crippen LogP contribution < -0.4 is 9.64 Å². The van der Waals surface area contributed by atoms with Gasteiger partial charge in [0.1, 0.15) is 6.61 Å². The van der Waals surface area contributed by atoms with Crippen LogP contribution in [0.2, 0.25) is 0 Å². The van der Waals surface area contributed by atoms with Gasteiger partial charge in [-0.05, 0) is 47.9 Å². The molecule has 136 valence electrons. The summed E-state index contributed by atoms with van der Waals surface area (Å²) >= 11 is 0. The molecule has 0 aliphatic carbocycles. The zero-order valence-corrected chi connectivity index (χ0v) is 15.1. The minimum absolute atomic E-state index is 0.331. The molecule has 0 saturated heterocycles. The van der Waals surface area contributed by atoms with Crippen molar-refractivity contribution in [3.8, 4) is 5.75 Å². The van der Waals surface area contributed by atoms with Crippen LogP contribution in [-0.4, -0.2) is 31.2 Å². The molecule has 1 aromatic heterocycles.